The first-order chi connectivity index (χ1) is 8.10. The van der Waals surface area contributed by atoms with E-state index in [-0.39, 0.29) is 5.91 Å². The molecule has 92 valence electrons. The highest BCUT2D eigenvalue weighted by Gasteiger charge is 2.26. The van der Waals surface area contributed by atoms with Gasteiger partial charge in [-0.3, -0.25) is 4.79 Å². The molecule has 2 rings (SSSR count). The molecule has 1 fully saturated rings. The summed E-state index contributed by atoms with van der Waals surface area (Å²) < 4.78 is 0.850. The van der Waals surface area contributed by atoms with Crippen molar-refractivity contribution in [3.05, 3.63) is 28.2 Å². The Morgan fingerprint density at radius 1 is 1.47 bits per heavy atom. The fourth-order valence-corrected chi connectivity index (χ4v) is 2.40. The van der Waals surface area contributed by atoms with Gasteiger partial charge in [0.15, 0.2) is 0 Å². The number of hydrogen-bond acceptors (Lipinski definition) is 2. The number of nitrogen functional groups attached to an aromatic ring is 1. The van der Waals surface area contributed by atoms with Crippen molar-refractivity contribution in [1.29, 1.82) is 0 Å². The zero-order valence-electron chi connectivity index (χ0n) is 9.95. The van der Waals surface area contributed by atoms with E-state index < -0.39 is 0 Å². The Morgan fingerprint density at radius 3 is 2.71 bits per heavy atom. The van der Waals surface area contributed by atoms with E-state index in [1.54, 1.807) is 12.1 Å². The highest BCUT2D eigenvalue weighted by atomic mass is 79.9. The lowest BCUT2D eigenvalue weighted by Gasteiger charge is -2.21. The van der Waals surface area contributed by atoms with Crippen LogP contribution in [0.1, 0.15) is 30.1 Å². The van der Waals surface area contributed by atoms with E-state index in [1.807, 2.05) is 17.9 Å². The van der Waals surface area contributed by atoms with E-state index in [1.165, 1.54) is 12.8 Å². The quantitative estimate of drug-likeness (QED) is 0.869. The van der Waals surface area contributed by atoms with Gasteiger partial charge in [-0.1, -0.05) is 15.9 Å². The van der Waals surface area contributed by atoms with Crippen molar-refractivity contribution in [2.45, 2.75) is 19.8 Å². The third-order valence-electron chi connectivity index (χ3n) is 3.01. The molecule has 0 saturated heterocycles. The molecule has 1 aromatic carbocycles. The number of rotatable bonds is 4. The molecule has 0 unspecified atom stereocenters. The predicted molar refractivity (Wildman–Crippen MR) is 72.9 cm³/mol. The first-order valence-corrected chi connectivity index (χ1v) is 6.74. The maximum absolute atomic E-state index is 12.3. The minimum absolute atomic E-state index is 0.0763. The lowest BCUT2D eigenvalue weighted by atomic mass is 10.1. The number of carbonyl (C=O) groups excluding carboxylic acids is 1. The van der Waals surface area contributed by atoms with Crippen LogP contribution in [0.15, 0.2) is 22.7 Å². The van der Waals surface area contributed by atoms with Crippen LogP contribution in [-0.4, -0.2) is 23.9 Å². The molecule has 3 nitrogen and oxygen atoms in total. The van der Waals surface area contributed by atoms with Crippen molar-refractivity contribution in [3.63, 3.8) is 0 Å². The summed E-state index contributed by atoms with van der Waals surface area (Å²) in [4.78, 5) is 14.2. The van der Waals surface area contributed by atoms with Gasteiger partial charge in [0, 0.05) is 28.8 Å². The molecular weight excluding hydrogens is 280 g/mol. The van der Waals surface area contributed by atoms with E-state index in [9.17, 15) is 4.79 Å². The van der Waals surface area contributed by atoms with Crippen molar-refractivity contribution in [1.82, 2.24) is 4.90 Å². The van der Waals surface area contributed by atoms with E-state index in [2.05, 4.69) is 15.9 Å². The Hall–Kier alpha value is -1.03. The zero-order chi connectivity index (χ0) is 12.4. The summed E-state index contributed by atoms with van der Waals surface area (Å²) in [5.74, 6) is 0.788. The molecule has 17 heavy (non-hydrogen) atoms. The van der Waals surface area contributed by atoms with Crippen LogP contribution in [0.25, 0.3) is 0 Å². The standard InChI is InChI=1S/C13H17BrN2O/c1-2-16(8-9-3-4-9)13(17)10-5-11(14)7-12(15)6-10/h5-7,9H,2-4,8,15H2,1H3. The van der Waals surface area contributed by atoms with E-state index >= 15 is 0 Å². The van der Waals surface area contributed by atoms with Crippen molar-refractivity contribution < 1.29 is 4.79 Å². The highest BCUT2D eigenvalue weighted by Crippen LogP contribution is 2.30. The minimum Gasteiger partial charge on any atom is -0.399 e. The molecule has 4 heteroatoms. The second kappa shape index (κ2) is 5.08. The number of hydrogen-bond donors (Lipinski definition) is 1. The van der Waals surface area contributed by atoms with Crippen LogP contribution in [-0.2, 0) is 0 Å². The Kier molecular flexibility index (Phi) is 3.72. The lowest BCUT2D eigenvalue weighted by Crippen LogP contribution is -2.32. The van der Waals surface area contributed by atoms with Gasteiger partial charge >= 0.3 is 0 Å². The highest BCUT2D eigenvalue weighted by molar-refractivity contribution is 9.10. The molecule has 0 spiro atoms. The number of benzene rings is 1. The topological polar surface area (TPSA) is 46.3 Å². The molecule has 1 aliphatic carbocycles. The van der Waals surface area contributed by atoms with Crippen LogP contribution in [0.4, 0.5) is 5.69 Å². The number of nitrogens with two attached hydrogens (primary N) is 1. The molecule has 0 radical (unpaired) electrons. The SMILES string of the molecule is CCN(CC1CC1)C(=O)c1cc(N)cc(Br)c1. The van der Waals surface area contributed by atoms with Gasteiger partial charge in [0.25, 0.3) is 5.91 Å². The van der Waals surface area contributed by atoms with Gasteiger partial charge in [-0.25, -0.2) is 0 Å². The maximum Gasteiger partial charge on any atom is 0.253 e. The molecule has 0 aliphatic heterocycles. The largest absolute Gasteiger partial charge is 0.399 e. The first kappa shape index (κ1) is 12.4. The van der Waals surface area contributed by atoms with Crippen LogP contribution in [0.3, 0.4) is 0 Å². The van der Waals surface area contributed by atoms with Gasteiger partial charge < -0.3 is 10.6 Å². The molecule has 0 atom stereocenters. The summed E-state index contributed by atoms with van der Waals surface area (Å²) in [6.07, 6.45) is 2.51. The van der Waals surface area contributed by atoms with Crippen molar-refractivity contribution >= 4 is 27.5 Å². The second-order valence-electron chi connectivity index (χ2n) is 4.56. The summed E-state index contributed by atoms with van der Waals surface area (Å²) in [6.45, 7) is 3.64. The summed E-state index contributed by atoms with van der Waals surface area (Å²) in [5.41, 5.74) is 7.03. The van der Waals surface area contributed by atoms with Crippen molar-refractivity contribution in [3.8, 4) is 0 Å². The zero-order valence-corrected chi connectivity index (χ0v) is 11.5. The number of carbonyl (C=O) groups is 1. The maximum atomic E-state index is 12.3. The summed E-state index contributed by atoms with van der Waals surface area (Å²) in [6, 6.07) is 5.37. The van der Waals surface area contributed by atoms with Gasteiger partial charge in [0.1, 0.15) is 0 Å². The van der Waals surface area contributed by atoms with Crippen LogP contribution in [0.5, 0.6) is 0 Å². The molecule has 1 amide bonds. The molecule has 0 aromatic heterocycles. The van der Waals surface area contributed by atoms with Crippen LogP contribution in [0.2, 0.25) is 0 Å². The van der Waals surface area contributed by atoms with Crippen LogP contribution >= 0.6 is 15.9 Å². The van der Waals surface area contributed by atoms with E-state index in [0.717, 1.165) is 17.6 Å². The van der Waals surface area contributed by atoms with Gasteiger partial charge in [-0.15, -0.1) is 0 Å². The molecule has 0 heterocycles. The van der Waals surface area contributed by atoms with E-state index in [0.29, 0.717) is 17.2 Å². The normalized spacial score (nSPS) is 14.7. The third kappa shape index (κ3) is 3.22. The van der Waals surface area contributed by atoms with Gasteiger partial charge in [0.2, 0.25) is 0 Å². The fraction of sp³-hybridized carbons (Fsp3) is 0.462. The Balaban J connectivity index is 2.15. The minimum atomic E-state index is 0.0763. The molecular formula is C13H17BrN2O. The fourth-order valence-electron chi connectivity index (χ4n) is 1.89. The summed E-state index contributed by atoms with van der Waals surface area (Å²) in [7, 11) is 0. The summed E-state index contributed by atoms with van der Waals surface area (Å²) >= 11 is 3.36. The van der Waals surface area contributed by atoms with Crippen molar-refractivity contribution in [2.24, 2.45) is 5.92 Å². The van der Waals surface area contributed by atoms with Gasteiger partial charge in [-0.2, -0.15) is 0 Å². The number of amides is 1. The summed E-state index contributed by atoms with van der Waals surface area (Å²) in [5, 5.41) is 0. The molecule has 1 saturated carbocycles. The Labute approximate surface area is 110 Å². The van der Waals surface area contributed by atoms with Gasteiger partial charge in [-0.05, 0) is 43.9 Å². The second-order valence-corrected chi connectivity index (χ2v) is 5.48. The Bertz CT molecular complexity index is 409. The smallest absolute Gasteiger partial charge is 0.253 e. The number of anilines is 1. The molecule has 2 N–H and O–H groups in total. The van der Waals surface area contributed by atoms with Crippen LogP contribution < -0.4 is 5.73 Å². The molecule has 1 aromatic rings. The molecule has 0 bridgehead atoms. The average Bonchev–Trinajstić information content (AvgIpc) is 3.07. The molecule has 1 aliphatic rings. The van der Waals surface area contributed by atoms with Crippen molar-refractivity contribution in [2.75, 3.05) is 18.8 Å². The first-order valence-electron chi connectivity index (χ1n) is 5.95. The lowest BCUT2D eigenvalue weighted by molar-refractivity contribution is 0.0757. The average molecular weight is 297 g/mol. The Morgan fingerprint density at radius 2 is 2.18 bits per heavy atom. The number of nitrogens with zero attached hydrogens (tertiary/aromatic N) is 1. The van der Waals surface area contributed by atoms with Crippen LogP contribution in [0, 0.1) is 5.92 Å². The third-order valence-corrected chi connectivity index (χ3v) is 3.47. The monoisotopic (exact) mass is 296 g/mol. The van der Waals surface area contributed by atoms with E-state index in [4.69, 9.17) is 5.73 Å². The predicted octanol–water partition coefficient (Wildman–Crippen LogP) is 2.90. The van der Waals surface area contributed by atoms with Gasteiger partial charge in [0.05, 0.1) is 0 Å². The number of halogens is 1.